The Labute approximate surface area is 147 Å². The Morgan fingerprint density at radius 3 is 2.76 bits per heavy atom. The van der Waals surface area contributed by atoms with Crippen molar-refractivity contribution in [1.82, 2.24) is 14.9 Å². The fourth-order valence-electron chi connectivity index (χ4n) is 4.65. The molecular formula is C20H25N3O2. The van der Waals surface area contributed by atoms with Crippen LogP contribution in [0.15, 0.2) is 29.1 Å². The number of nitrogens with zero attached hydrogens (tertiary/aromatic N) is 2. The predicted molar refractivity (Wildman–Crippen MR) is 97.0 cm³/mol. The number of para-hydroxylation sites is 1. The lowest BCUT2D eigenvalue weighted by Gasteiger charge is -2.32. The molecule has 2 bridgehead atoms. The summed E-state index contributed by atoms with van der Waals surface area (Å²) in [5.74, 6) is 2.26. The fourth-order valence-corrected chi connectivity index (χ4v) is 4.65. The van der Waals surface area contributed by atoms with Crippen molar-refractivity contribution < 1.29 is 4.79 Å². The molecule has 2 aliphatic carbocycles. The van der Waals surface area contributed by atoms with Crippen LogP contribution in [-0.4, -0.2) is 26.8 Å². The molecule has 0 radical (unpaired) electrons. The van der Waals surface area contributed by atoms with Gasteiger partial charge >= 0.3 is 0 Å². The fraction of sp³-hybridized carbons (Fsp3) is 0.550. The van der Waals surface area contributed by atoms with E-state index in [1.54, 1.807) is 6.07 Å². The second-order valence-corrected chi connectivity index (χ2v) is 7.87. The summed E-state index contributed by atoms with van der Waals surface area (Å²) in [5, 5.41) is 0.585. The number of aromatic amines is 1. The minimum Gasteiger partial charge on any atom is -0.333 e. The summed E-state index contributed by atoms with van der Waals surface area (Å²) in [6.07, 6.45) is 4.73. The number of nitrogens with one attached hydrogen (secondary N) is 1. The first-order valence-corrected chi connectivity index (χ1v) is 9.31. The molecular weight excluding hydrogens is 314 g/mol. The highest BCUT2D eigenvalue weighted by Crippen LogP contribution is 2.49. The van der Waals surface area contributed by atoms with E-state index in [1.165, 1.54) is 19.3 Å². The zero-order valence-corrected chi connectivity index (χ0v) is 14.9. The van der Waals surface area contributed by atoms with Crippen molar-refractivity contribution in [3.63, 3.8) is 0 Å². The Bertz CT molecular complexity index is 857. The largest absolute Gasteiger partial charge is 0.333 e. The van der Waals surface area contributed by atoms with Gasteiger partial charge in [0.1, 0.15) is 5.82 Å². The van der Waals surface area contributed by atoms with Crippen molar-refractivity contribution in [3.05, 3.63) is 40.4 Å². The van der Waals surface area contributed by atoms with Crippen LogP contribution in [0.3, 0.4) is 0 Å². The number of benzene rings is 1. The van der Waals surface area contributed by atoms with Gasteiger partial charge in [0.2, 0.25) is 5.91 Å². The van der Waals surface area contributed by atoms with E-state index in [4.69, 9.17) is 0 Å². The maximum absolute atomic E-state index is 13.1. The van der Waals surface area contributed by atoms with Gasteiger partial charge < -0.3 is 9.88 Å². The van der Waals surface area contributed by atoms with Crippen LogP contribution in [0.25, 0.3) is 10.9 Å². The molecule has 2 fully saturated rings. The topological polar surface area (TPSA) is 66.1 Å². The van der Waals surface area contributed by atoms with E-state index in [1.807, 2.05) is 36.9 Å². The molecule has 1 aromatic carbocycles. The highest BCUT2D eigenvalue weighted by atomic mass is 16.2. The lowest BCUT2D eigenvalue weighted by atomic mass is 9.87. The molecule has 2 aliphatic rings. The number of hydrogen-bond donors (Lipinski definition) is 1. The molecule has 4 rings (SSSR count). The summed E-state index contributed by atoms with van der Waals surface area (Å²) >= 11 is 0. The number of hydrogen-bond acceptors (Lipinski definition) is 3. The van der Waals surface area contributed by atoms with Crippen LogP contribution in [0.5, 0.6) is 0 Å². The van der Waals surface area contributed by atoms with Gasteiger partial charge in [-0.3, -0.25) is 9.59 Å². The first kappa shape index (κ1) is 16.3. The van der Waals surface area contributed by atoms with Crippen LogP contribution in [0, 0.1) is 17.8 Å². The number of carbonyl (C=O) groups is 1. The lowest BCUT2D eigenvalue weighted by molar-refractivity contribution is -0.139. The molecule has 5 heteroatoms. The van der Waals surface area contributed by atoms with Crippen molar-refractivity contribution >= 4 is 16.8 Å². The maximum Gasteiger partial charge on any atom is 0.258 e. The lowest BCUT2D eigenvalue weighted by Crippen LogP contribution is -2.42. The summed E-state index contributed by atoms with van der Waals surface area (Å²) in [6, 6.07) is 7.40. The molecule has 132 valence electrons. The van der Waals surface area contributed by atoms with Crippen LogP contribution in [0.1, 0.15) is 45.4 Å². The Morgan fingerprint density at radius 2 is 2.08 bits per heavy atom. The highest BCUT2D eigenvalue weighted by molar-refractivity contribution is 5.80. The van der Waals surface area contributed by atoms with Crippen LogP contribution in [0.4, 0.5) is 0 Å². The average molecular weight is 339 g/mol. The average Bonchev–Trinajstić information content (AvgIpc) is 3.22. The van der Waals surface area contributed by atoms with Crippen molar-refractivity contribution in [2.75, 3.05) is 0 Å². The van der Waals surface area contributed by atoms with Gasteiger partial charge in [0.15, 0.2) is 0 Å². The maximum atomic E-state index is 13.1. The standard InChI is InChI=1S/C20H25N3O2/c1-12(2)23(20(25)16-10-13-7-8-14(16)9-13)11-18-21-17-6-4-3-5-15(17)19(24)22-18/h3-6,12-14,16H,7-11H2,1-2H3,(H,21,22,24). The Hall–Kier alpha value is -2.17. The molecule has 0 saturated heterocycles. The van der Waals surface area contributed by atoms with E-state index >= 15 is 0 Å². The van der Waals surface area contributed by atoms with Crippen molar-refractivity contribution in [1.29, 1.82) is 0 Å². The molecule has 25 heavy (non-hydrogen) atoms. The summed E-state index contributed by atoms with van der Waals surface area (Å²) < 4.78 is 0. The summed E-state index contributed by atoms with van der Waals surface area (Å²) in [4.78, 5) is 34.7. The third-order valence-corrected chi connectivity index (χ3v) is 5.94. The van der Waals surface area contributed by atoms with Gasteiger partial charge in [0.05, 0.1) is 17.4 Å². The molecule has 2 aromatic rings. The summed E-state index contributed by atoms with van der Waals surface area (Å²) in [6.45, 7) is 4.43. The molecule has 3 atom stereocenters. The first-order chi connectivity index (χ1) is 12.0. The smallest absolute Gasteiger partial charge is 0.258 e. The van der Waals surface area contributed by atoms with E-state index in [-0.39, 0.29) is 23.4 Å². The van der Waals surface area contributed by atoms with Crippen molar-refractivity contribution in [3.8, 4) is 0 Å². The summed E-state index contributed by atoms with van der Waals surface area (Å²) in [5.41, 5.74) is 0.536. The van der Waals surface area contributed by atoms with E-state index in [0.717, 1.165) is 12.3 Å². The van der Waals surface area contributed by atoms with E-state index < -0.39 is 0 Å². The number of amides is 1. The SMILES string of the molecule is CC(C)N(Cc1nc2ccccc2c(=O)[nH]1)C(=O)C1CC2CCC1C2. The van der Waals surface area contributed by atoms with Gasteiger partial charge in [-0.25, -0.2) is 4.98 Å². The molecule has 5 nitrogen and oxygen atoms in total. The number of rotatable bonds is 4. The number of fused-ring (bicyclic) bond motifs is 3. The minimum atomic E-state index is -0.142. The Morgan fingerprint density at radius 1 is 1.28 bits per heavy atom. The number of aromatic nitrogens is 2. The Kier molecular flexibility index (Phi) is 4.10. The van der Waals surface area contributed by atoms with Crippen LogP contribution >= 0.6 is 0 Å². The van der Waals surface area contributed by atoms with Gasteiger partial charge in [-0.15, -0.1) is 0 Å². The number of H-pyrrole nitrogens is 1. The van der Waals surface area contributed by atoms with E-state index in [2.05, 4.69) is 9.97 Å². The first-order valence-electron chi connectivity index (χ1n) is 9.31. The molecule has 3 unspecified atom stereocenters. The molecule has 1 heterocycles. The third kappa shape index (κ3) is 2.96. The van der Waals surface area contributed by atoms with Gasteiger partial charge in [0.25, 0.3) is 5.56 Å². The Balaban J connectivity index is 1.60. The van der Waals surface area contributed by atoms with Gasteiger partial charge in [0, 0.05) is 12.0 Å². The quantitative estimate of drug-likeness (QED) is 0.931. The summed E-state index contributed by atoms with van der Waals surface area (Å²) in [7, 11) is 0. The third-order valence-electron chi connectivity index (χ3n) is 5.94. The molecule has 1 N–H and O–H groups in total. The van der Waals surface area contributed by atoms with Crippen molar-refractivity contribution in [2.45, 2.75) is 52.1 Å². The molecule has 1 amide bonds. The second-order valence-electron chi connectivity index (χ2n) is 7.87. The predicted octanol–water partition coefficient (Wildman–Crippen LogP) is 3.10. The minimum absolute atomic E-state index is 0.0865. The second kappa shape index (κ2) is 6.28. The van der Waals surface area contributed by atoms with Crippen molar-refractivity contribution in [2.24, 2.45) is 17.8 Å². The zero-order valence-electron chi connectivity index (χ0n) is 14.9. The molecule has 0 aliphatic heterocycles. The molecule has 0 spiro atoms. The van der Waals surface area contributed by atoms with E-state index in [9.17, 15) is 9.59 Å². The van der Waals surface area contributed by atoms with Gasteiger partial charge in [-0.1, -0.05) is 18.6 Å². The van der Waals surface area contributed by atoms with Gasteiger partial charge in [-0.2, -0.15) is 0 Å². The monoisotopic (exact) mass is 339 g/mol. The van der Waals surface area contributed by atoms with Crippen LogP contribution < -0.4 is 5.56 Å². The highest BCUT2D eigenvalue weighted by Gasteiger charge is 2.44. The van der Waals surface area contributed by atoms with Gasteiger partial charge in [-0.05, 0) is 57.1 Å². The normalized spacial score (nSPS) is 25.0. The zero-order chi connectivity index (χ0) is 17.6. The van der Waals surface area contributed by atoms with Crippen LogP contribution in [0.2, 0.25) is 0 Å². The van der Waals surface area contributed by atoms with Crippen LogP contribution in [-0.2, 0) is 11.3 Å². The van der Waals surface area contributed by atoms with E-state index in [0.29, 0.717) is 29.2 Å². The molecule has 2 saturated carbocycles. The molecule has 1 aromatic heterocycles. The number of carbonyl (C=O) groups excluding carboxylic acids is 1.